The summed E-state index contributed by atoms with van der Waals surface area (Å²) in [6.07, 6.45) is 14.5. The maximum atomic E-state index is 12.9. The molecule has 30 heavy (non-hydrogen) atoms. The summed E-state index contributed by atoms with van der Waals surface area (Å²) < 4.78 is 5.48. The minimum Gasteiger partial charge on any atom is -0.463 e. The SMILES string of the molecule is CCCCCCCCCCCCNC(=O)c1cc(-c2ccco2)nc2ccccc12. The molecule has 4 heteroatoms. The molecule has 2 heterocycles. The molecule has 0 saturated heterocycles. The predicted molar refractivity (Wildman–Crippen MR) is 124 cm³/mol. The molecule has 160 valence electrons. The maximum absolute atomic E-state index is 12.9. The van der Waals surface area contributed by atoms with Crippen LogP contribution in [0.5, 0.6) is 0 Å². The third-order valence-electron chi connectivity index (χ3n) is 5.55. The molecule has 2 aromatic heterocycles. The smallest absolute Gasteiger partial charge is 0.252 e. The standard InChI is InChI=1S/C26H34N2O2/c1-2-3-4-5-6-7-8-9-10-13-18-27-26(29)22-20-24(25-17-14-19-30-25)28-23-16-12-11-15-21(22)23/h11-12,14-17,19-20H,2-10,13,18H2,1H3,(H,27,29). The molecule has 4 nitrogen and oxygen atoms in total. The second kappa shape index (κ2) is 12.2. The lowest BCUT2D eigenvalue weighted by molar-refractivity contribution is 0.0954. The number of carbonyl (C=O) groups excluding carboxylic acids is 1. The van der Waals surface area contributed by atoms with Gasteiger partial charge in [0.1, 0.15) is 5.69 Å². The minimum atomic E-state index is -0.0441. The second-order valence-electron chi connectivity index (χ2n) is 7.99. The Morgan fingerprint density at radius 1 is 0.900 bits per heavy atom. The van der Waals surface area contributed by atoms with Crippen LogP contribution in [0.25, 0.3) is 22.4 Å². The van der Waals surface area contributed by atoms with Gasteiger partial charge in [0.15, 0.2) is 5.76 Å². The number of benzene rings is 1. The van der Waals surface area contributed by atoms with Gasteiger partial charge in [0.05, 0.1) is 17.3 Å². The lowest BCUT2D eigenvalue weighted by Crippen LogP contribution is -2.24. The van der Waals surface area contributed by atoms with Crippen LogP contribution in [0.15, 0.2) is 53.1 Å². The summed E-state index contributed by atoms with van der Waals surface area (Å²) in [5.41, 5.74) is 2.14. The number of fused-ring (bicyclic) bond motifs is 1. The number of amides is 1. The Kier molecular flexibility index (Phi) is 8.95. The van der Waals surface area contributed by atoms with Crippen LogP contribution >= 0.6 is 0 Å². The third-order valence-corrected chi connectivity index (χ3v) is 5.55. The van der Waals surface area contributed by atoms with E-state index in [1.165, 1.54) is 57.8 Å². The zero-order chi connectivity index (χ0) is 21.0. The summed E-state index contributed by atoms with van der Waals surface area (Å²) in [7, 11) is 0. The molecular formula is C26H34N2O2. The Labute approximate surface area is 180 Å². The van der Waals surface area contributed by atoms with Crippen molar-refractivity contribution in [2.24, 2.45) is 0 Å². The van der Waals surface area contributed by atoms with Crippen molar-refractivity contribution >= 4 is 16.8 Å². The summed E-state index contributed by atoms with van der Waals surface area (Å²) in [6, 6.07) is 13.3. The number of unbranched alkanes of at least 4 members (excludes halogenated alkanes) is 9. The molecule has 0 unspecified atom stereocenters. The number of rotatable bonds is 13. The van der Waals surface area contributed by atoms with E-state index in [-0.39, 0.29) is 5.91 Å². The average Bonchev–Trinajstić information content (AvgIpc) is 3.31. The first kappa shape index (κ1) is 22.1. The van der Waals surface area contributed by atoms with Crippen LogP contribution in [0.3, 0.4) is 0 Å². The quantitative estimate of drug-likeness (QED) is 0.307. The molecule has 0 saturated carbocycles. The number of nitrogens with one attached hydrogen (secondary N) is 1. The highest BCUT2D eigenvalue weighted by Gasteiger charge is 2.14. The van der Waals surface area contributed by atoms with Crippen LogP contribution in [0.4, 0.5) is 0 Å². The number of pyridine rings is 1. The summed E-state index contributed by atoms with van der Waals surface area (Å²) >= 11 is 0. The van der Waals surface area contributed by atoms with Crippen molar-refractivity contribution < 1.29 is 9.21 Å². The van der Waals surface area contributed by atoms with Gasteiger partial charge in [-0.05, 0) is 30.7 Å². The average molecular weight is 407 g/mol. The lowest BCUT2D eigenvalue weighted by Gasteiger charge is -2.10. The first-order chi connectivity index (χ1) is 14.8. The Morgan fingerprint density at radius 2 is 1.60 bits per heavy atom. The van der Waals surface area contributed by atoms with E-state index in [0.717, 1.165) is 17.3 Å². The van der Waals surface area contributed by atoms with Crippen LogP contribution in [0.2, 0.25) is 0 Å². The Balaban J connectivity index is 1.46. The molecule has 1 aromatic carbocycles. The fourth-order valence-electron chi connectivity index (χ4n) is 3.82. The number of carbonyl (C=O) groups is 1. The number of furan rings is 1. The fourth-order valence-corrected chi connectivity index (χ4v) is 3.82. The van der Waals surface area contributed by atoms with Gasteiger partial charge in [-0.15, -0.1) is 0 Å². The van der Waals surface area contributed by atoms with E-state index in [4.69, 9.17) is 4.42 Å². The van der Waals surface area contributed by atoms with Crippen molar-refractivity contribution in [2.75, 3.05) is 6.54 Å². The van der Waals surface area contributed by atoms with Crippen molar-refractivity contribution in [1.29, 1.82) is 0 Å². The molecule has 1 N–H and O–H groups in total. The van der Waals surface area contributed by atoms with Gasteiger partial charge >= 0.3 is 0 Å². The van der Waals surface area contributed by atoms with Gasteiger partial charge in [-0.25, -0.2) is 4.98 Å². The zero-order valence-electron chi connectivity index (χ0n) is 18.2. The molecule has 0 aliphatic carbocycles. The van der Waals surface area contributed by atoms with Crippen LogP contribution in [-0.4, -0.2) is 17.4 Å². The van der Waals surface area contributed by atoms with Gasteiger partial charge in [0.2, 0.25) is 0 Å². The molecule has 3 rings (SSSR count). The molecule has 0 aliphatic heterocycles. The van der Waals surface area contributed by atoms with Gasteiger partial charge in [-0.1, -0.05) is 82.9 Å². The first-order valence-electron chi connectivity index (χ1n) is 11.5. The van der Waals surface area contributed by atoms with Crippen LogP contribution in [0.1, 0.15) is 81.5 Å². The second-order valence-corrected chi connectivity index (χ2v) is 7.99. The number of nitrogens with zero attached hydrogens (tertiary/aromatic N) is 1. The predicted octanol–water partition coefficient (Wildman–Crippen LogP) is 7.15. The molecule has 0 radical (unpaired) electrons. The highest BCUT2D eigenvalue weighted by Crippen LogP contribution is 2.25. The molecular weight excluding hydrogens is 372 g/mol. The van der Waals surface area contributed by atoms with Crippen molar-refractivity contribution in [2.45, 2.75) is 71.1 Å². The van der Waals surface area contributed by atoms with E-state index in [9.17, 15) is 4.79 Å². The minimum absolute atomic E-state index is 0.0441. The lowest BCUT2D eigenvalue weighted by atomic mass is 10.1. The number of hydrogen-bond donors (Lipinski definition) is 1. The van der Waals surface area contributed by atoms with E-state index in [1.54, 1.807) is 6.26 Å². The third kappa shape index (κ3) is 6.45. The molecule has 1 amide bonds. The summed E-state index contributed by atoms with van der Waals surface area (Å²) in [5, 5.41) is 3.96. The van der Waals surface area contributed by atoms with E-state index in [0.29, 0.717) is 23.6 Å². The highest BCUT2D eigenvalue weighted by molar-refractivity contribution is 6.07. The number of aromatic nitrogens is 1. The van der Waals surface area contributed by atoms with E-state index in [1.807, 2.05) is 42.5 Å². The monoisotopic (exact) mass is 406 g/mol. The normalized spacial score (nSPS) is 11.1. The van der Waals surface area contributed by atoms with Crippen LogP contribution in [0, 0.1) is 0 Å². The van der Waals surface area contributed by atoms with E-state index >= 15 is 0 Å². The van der Waals surface area contributed by atoms with Crippen molar-refractivity contribution in [3.05, 3.63) is 54.3 Å². The Hall–Kier alpha value is -2.62. The Bertz CT molecular complexity index is 903. The fraction of sp³-hybridized carbons (Fsp3) is 0.462. The molecule has 0 aliphatic rings. The zero-order valence-corrected chi connectivity index (χ0v) is 18.2. The van der Waals surface area contributed by atoms with E-state index < -0.39 is 0 Å². The van der Waals surface area contributed by atoms with E-state index in [2.05, 4.69) is 17.2 Å². The highest BCUT2D eigenvalue weighted by atomic mass is 16.3. The van der Waals surface area contributed by atoms with Gasteiger partial charge in [0, 0.05) is 11.9 Å². The van der Waals surface area contributed by atoms with Gasteiger partial charge in [0.25, 0.3) is 5.91 Å². The van der Waals surface area contributed by atoms with Gasteiger partial charge in [-0.2, -0.15) is 0 Å². The summed E-state index contributed by atoms with van der Waals surface area (Å²) in [6.45, 7) is 2.97. The van der Waals surface area contributed by atoms with Crippen molar-refractivity contribution in [1.82, 2.24) is 10.3 Å². The van der Waals surface area contributed by atoms with Gasteiger partial charge in [-0.3, -0.25) is 4.79 Å². The van der Waals surface area contributed by atoms with Crippen molar-refractivity contribution in [3.63, 3.8) is 0 Å². The number of hydrogen-bond acceptors (Lipinski definition) is 3. The van der Waals surface area contributed by atoms with Crippen LogP contribution < -0.4 is 5.32 Å². The van der Waals surface area contributed by atoms with Gasteiger partial charge < -0.3 is 9.73 Å². The molecule has 0 spiro atoms. The molecule has 3 aromatic rings. The summed E-state index contributed by atoms with van der Waals surface area (Å²) in [4.78, 5) is 17.5. The number of para-hydroxylation sites is 1. The molecule has 0 fully saturated rings. The molecule has 0 atom stereocenters. The summed E-state index contributed by atoms with van der Waals surface area (Å²) in [5.74, 6) is 0.627. The Morgan fingerprint density at radius 3 is 2.30 bits per heavy atom. The van der Waals surface area contributed by atoms with Crippen LogP contribution in [-0.2, 0) is 0 Å². The largest absolute Gasteiger partial charge is 0.463 e. The topological polar surface area (TPSA) is 55.1 Å². The maximum Gasteiger partial charge on any atom is 0.252 e. The van der Waals surface area contributed by atoms with Crippen molar-refractivity contribution in [3.8, 4) is 11.5 Å². The molecule has 0 bridgehead atoms. The first-order valence-corrected chi connectivity index (χ1v) is 11.5.